The summed E-state index contributed by atoms with van der Waals surface area (Å²) in [5, 5.41) is 3.63. The van der Waals surface area contributed by atoms with Crippen molar-refractivity contribution in [3.63, 3.8) is 0 Å². The second-order valence-corrected chi connectivity index (χ2v) is 5.66. The molecule has 1 N–H and O–H groups in total. The van der Waals surface area contributed by atoms with Crippen LogP contribution < -0.4 is 5.32 Å². The second-order valence-electron chi connectivity index (χ2n) is 5.66. The van der Waals surface area contributed by atoms with Crippen LogP contribution in [0, 0.1) is 6.92 Å². The predicted molar refractivity (Wildman–Crippen MR) is 80.5 cm³/mol. The third-order valence-corrected chi connectivity index (χ3v) is 4.06. The molecule has 1 fully saturated rings. The van der Waals surface area contributed by atoms with Gasteiger partial charge in [0.15, 0.2) is 0 Å². The monoisotopic (exact) mass is 270 g/mol. The van der Waals surface area contributed by atoms with E-state index in [4.69, 9.17) is 4.42 Å². The van der Waals surface area contributed by atoms with Crippen molar-refractivity contribution >= 4 is 0 Å². The van der Waals surface area contributed by atoms with Crippen LogP contribution in [0.3, 0.4) is 0 Å². The lowest BCUT2D eigenvalue weighted by molar-refractivity contribution is 0.124. The first-order valence-corrected chi connectivity index (χ1v) is 7.30. The van der Waals surface area contributed by atoms with Gasteiger partial charge in [0.25, 0.3) is 0 Å². The third kappa shape index (κ3) is 2.94. The Labute approximate surface area is 120 Å². The highest BCUT2D eigenvalue weighted by molar-refractivity contribution is 5.20. The van der Waals surface area contributed by atoms with Gasteiger partial charge in [0.05, 0.1) is 6.54 Å². The van der Waals surface area contributed by atoms with Crippen LogP contribution >= 0.6 is 0 Å². The van der Waals surface area contributed by atoms with Crippen LogP contribution in [-0.2, 0) is 6.54 Å². The fourth-order valence-electron chi connectivity index (χ4n) is 2.82. The smallest absolute Gasteiger partial charge is 0.118 e. The second kappa shape index (κ2) is 5.81. The Morgan fingerprint density at radius 2 is 2.00 bits per heavy atom. The number of rotatable bonds is 3. The van der Waals surface area contributed by atoms with E-state index in [0.29, 0.717) is 12.1 Å². The van der Waals surface area contributed by atoms with Gasteiger partial charge in [-0.2, -0.15) is 0 Å². The molecule has 0 amide bonds. The first-order chi connectivity index (χ1) is 9.72. The van der Waals surface area contributed by atoms with Crippen LogP contribution in [0.25, 0.3) is 0 Å². The van der Waals surface area contributed by atoms with Gasteiger partial charge in [0.1, 0.15) is 11.5 Å². The summed E-state index contributed by atoms with van der Waals surface area (Å²) in [6.07, 6.45) is 0. The number of aryl methyl sites for hydroxylation is 1. The van der Waals surface area contributed by atoms with Gasteiger partial charge in [-0.1, -0.05) is 30.3 Å². The number of nitrogens with zero attached hydrogens (tertiary/aromatic N) is 1. The molecule has 2 atom stereocenters. The number of furan rings is 1. The summed E-state index contributed by atoms with van der Waals surface area (Å²) < 4.78 is 5.71. The first kappa shape index (κ1) is 13.4. The lowest BCUT2D eigenvalue weighted by Gasteiger charge is -2.38. The Morgan fingerprint density at radius 1 is 1.20 bits per heavy atom. The van der Waals surface area contributed by atoms with Crippen LogP contribution in [0.4, 0.5) is 0 Å². The summed E-state index contributed by atoms with van der Waals surface area (Å²) in [5.74, 6) is 2.05. The van der Waals surface area contributed by atoms with Gasteiger partial charge >= 0.3 is 0 Å². The number of nitrogens with one attached hydrogen (secondary N) is 1. The van der Waals surface area contributed by atoms with Crippen LogP contribution in [0.15, 0.2) is 46.9 Å². The molecule has 3 rings (SSSR count). The lowest BCUT2D eigenvalue weighted by atomic mass is 10.0. The summed E-state index contributed by atoms with van der Waals surface area (Å²) in [5.41, 5.74) is 1.36. The van der Waals surface area contributed by atoms with Gasteiger partial charge in [-0.25, -0.2) is 0 Å². The highest BCUT2D eigenvalue weighted by Crippen LogP contribution is 2.22. The average Bonchev–Trinajstić information content (AvgIpc) is 2.88. The summed E-state index contributed by atoms with van der Waals surface area (Å²) in [6, 6.07) is 15.7. The molecule has 1 saturated heterocycles. The maximum Gasteiger partial charge on any atom is 0.118 e. The molecule has 2 heterocycles. The van der Waals surface area contributed by atoms with Crippen molar-refractivity contribution in [3.05, 3.63) is 59.5 Å². The van der Waals surface area contributed by atoms with Gasteiger partial charge in [0, 0.05) is 25.2 Å². The van der Waals surface area contributed by atoms with Crippen molar-refractivity contribution in [2.24, 2.45) is 0 Å². The molecule has 1 aromatic heterocycles. The van der Waals surface area contributed by atoms with Gasteiger partial charge in [0.2, 0.25) is 0 Å². The van der Waals surface area contributed by atoms with E-state index in [1.165, 1.54) is 5.56 Å². The van der Waals surface area contributed by atoms with Gasteiger partial charge in [-0.15, -0.1) is 0 Å². The standard InChI is InChI=1S/C17H22N2O/c1-13-10-18-17(15-6-4-3-5-7-15)12-19(13)11-16-9-8-14(2)20-16/h3-9,13,17-18H,10-12H2,1-2H3. The molecule has 0 saturated carbocycles. The van der Waals surface area contributed by atoms with Gasteiger partial charge in [-0.3, -0.25) is 4.90 Å². The van der Waals surface area contributed by atoms with Gasteiger partial charge in [-0.05, 0) is 31.5 Å². The van der Waals surface area contributed by atoms with E-state index >= 15 is 0 Å². The Kier molecular flexibility index (Phi) is 3.90. The molecule has 3 heteroatoms. The zero-order valence-corrected chi connectivity index (χ0v) is 12.2. The Balaban J connectivity index is 1.70. The van der Waals surface area contributed by atoms with E-state index in [-0.39, 0.29) is 0 Å². The minimum Gasteiger partial charge on any atom is -0.465 e. The summed E-state index contributed by atoms with van der Waals surface area (Å²) in [6.45, 7) is 7.19. The number of hydrogen-bond donors (Lipinski definition) is 1. The first-order valence-electron chi connectivity index (χ1n) is 7.30. The molecule has 0 aliphatic carbocycles. The Hall–Kier alpha value is -1.58. The van der Waals surface area contributed by atoms with Crippen molar-refractivity contribution in [2.45, 2.75) is 32.5 Å². The molecular weight excluding hydrogens is 248 g/mol. The van der Waals surface area contributed by atoms with Gasteiger partial charge < -0.3 is 9.73 Å². The van der Waals surface area contributed by atoms with Crippen LogP contribution in [0.5, 0.6) is 0 Å². The highest BCUT2D eigenvalue weighted by atomic mass is 16.3. The minimum atomic E-state index is 0.406. The zero-order chi connectivity index (χ0) is 13.9. The quantitative estimate of drug-likeness (QED) is 0.929. The molecule has 2 unspecified atom stereocenters. The van der Waals surface area contributed by atoms with Crippen molar-refractivity contribution in [3.8, 4) is 0 Å². The Bertz CT molecular complexity index is 549. The number of benzene rings is 1. The zero-order valence-electron chi connectivity index (χ0n) is 12.2. The predicted octanol–water partition coefficient (Wildman–Crippen LogP) is 3.12. The average molecular weight is 270 g/mol. The molecule has 0 spiro atoms. The van der Waals surface area contributed by atoms with E-state index in [1.807, 2.05) is 13.0 Å². The molecule has 0 bridgehead atoms. The Morgan fingerprint density at radius 3 is 2.70 bits per heavy atom. The SMILES string of the molecule is Cc1ccc(CN2CC(c3ccccc3)NCC2C)o1. The van der Waals surface area contributed by atoms with Crippen LogP contribution in [0.1, 0.15) is 30.0 Å². The van der Waals surface area contributed by atoms with Crippen LogP contribution in [-0.4, -0.2) is 24.0 Å². The normalized spacial score (nSPS) is 23.9. The topological polar surface area (TPSA) is 28.4 Å². The van der Waals surface area contributed by atoms with E-state index in [9.17, 15) is 0 Å². The summed E-state index contributed by atoms with van der Waals surface area (Å²) >= 11 is 0. The van der Waals surface area contributed by atoms with E-state index in [0.717, 1.165) is 31.2 Å². The van der Waals surface area contributed by atoms with E-state index in [1.54, 1.807) is 0 Å². The van der Waals surface area contributed by atoms with Crippen molar-refractivity contribution < 1.29 is 4.42 Å². The summed E-state index contributed by atoms with van der Waals surface area (Å²) in [7, 11) is 0. The molecule has 1 aromatic carbocycles. The molecule has 20 heavy (non-hydrogen) atoms. The minimum absolute atomic E-state index is 0.406. The third-order valence-electron chi connectivity index (χ3n) is 4.06. The maximum absolute atomic E-state index is 5.71. The lowest BCUT2D eigenvalue weighted by Crippen LogP contribution is -2.50. The maximum atomic E-state index is 5.71. The van der Waals surface area contributed by atoms with Crippen molar-refractivity contribution in [1.29, 1.82) is 0 Å². The molecule has 1 aliphatic rings. The molecular formula is C17H22N2O. The molecule has 0 radical (unpaired) electrons. The summed E-state index contributed by atoms with van der Waals surface area (Å²) in [4.78, 5) is 2.49. The number of piperazine rings is 1. The largest absolute Gasteiger partial charge is 0.465 e. The molecule has 1 aliphatic heterocycles. The molecule has 106 valence electrons. The van der Waals surface area contributed by atoms with E-state index < -0.39 is 0 Å². The molecule has 3 nitrogen and oxygen atoms in total. The fourth-order valence-corrected chi connectivity index (χ4v) is 2.82. The number of hydrogen-bond acceptors (Lipinski definition) is 3. The van der Waals surface area contributed by atoms with Crippen molar-refractivity contribution in [1.82, 2.24) is 10.2 Å². The highest BCUT2D eigenvalue weighted by Gasteiger charge is 2.26. The molecule has 2 aromatic rings. The van der Waals surface area contributed by atoms with Crippen molar-refractivity contribution in [2.75, 3.05) is 13.1 Å². The fraction of sp³-hybridized carbons (Fsp3) is 0.412. The van der Waals surface area contributed by atoms with E-state index in [2.05, 4.69) is 53.5 Å². The van der Waals surface area contributed by atoms with Crippen LogP contribution in [0.2, 0.25) is 0 Å².